The molecule has 8 nitrogen and oxygen atoms in total. The number of ether oxygens (including phenoxy) is 2. The highest BCUT2D eigenvalue weighted by molar-refractivity contribution is 7.90. The summed E-state index contributed by atoms with van der Waals surface area (Å²) in [6, 6.07) is 22.1. The first-order chi connectivity index (χ1) is 23.5. The van der Waals surface area contributed by atoms with E-state index in [0.29, 0.717) is 29.9 Å². The fraction of sp³-hybridized carbons (Fsp3) is 0.525. The van der Waals surface area contributed by atoms with Crippen molar-refractivity contribution in [3.63, 3.8) is 0 Å². The zero-order chi connectivity index (χ0) is 34.2. The fourth-order valence-corrected chi connectivity index (χ4v) is 11.2. The number of benzene rings is 3. The second kappa shape index (κ2) is 14.0. The number of anilines is 1. The van der Waals surface area contributed by atoms with Crippen LogP contribution in [0.4, 0.5) is 5.69 Å². The molecule has 1 aliphatic heterocycles. The third-order valence-electron chi connectivity index (χ3n) is 11.0. The van der Waals surface area contributed by atoms with Crippen LogP contribution in [0.1, 0.15) is 75.2 Å². The molecule has 3 aromatic rings. The van der Waals surface area contributed by atoms with Gasteiger partial charge in [0.05, 0.1) is 18.5 Å². The molecule has 4 aliphatic carbocycles. The maximum atomic E-state index is 13.2. The van der Waals surface area contributed by atoms with Gasteiger partial charge in [-0.15, -0.1) is 0 Å². The van der Waals surface area contributed by atoms with E-state index in [1.54, 1.807) is 12.1 Å². The van der Waals surface area contributed by atoms with E-state index in [0.717, 1.165) is 80.3 Å². The Kier molecular flexibility index (Phi) is 9.68. The Bertz CT molecular complexity index is 1710. The first-order valence-electron chi connectivity index (χ1n) is 18.2. The number of nitrogens with zero attached hydrogens (tertiary/aromatic N) is 2. The molecule has 262 valence electrons. The molecule has 4 bridgehead atoms. The van der Waals surface area contributed by atoms with Gasteiger partial charge in [-0.1, -0.05) is 12.1 Å². The average molecular weight is 686 g/mol. The number of carbonyl (C=O) groups is 1. The lowest BCUT2D eigenvalue weighted by Crippen LogP contribution is -2.51. The van der Waals surface area contributed by atoms with Crippen molar-refractivity contribution < 1.29 is 22.7 Å². The summed E-state index contributed by atoms with van der Waals surface area (Å²) in [6.07, 6.45) is 6.87. The van der Waals surface area contributed by atoms with Crippen molar-refractivity contribution in [3.8, 4) is 22.6 Å². The van der Waals surface area contributed by atoms with Crippen molar-refractivity contribution in [1.82, 2.24) is 9.62 Å². The Morgan fingerprint density at radius 3 is 2.14 bits per heavy atom. The minimum Gasteiger partial charge on any atom is -0.494 e. The van der Waals surface area contributed by atoms with Gasteiger partial charge in [-0.2, -0.15) is 0 Å². The molecule has 1 heterocycles. The van der Waals surface area contributed by atoms with E-state index in [2.05, 4.69) is 44.9 Å². The van der Waals surface area contributed by atoms with Crippen molar-refractivity contribution in [2.24, 2.45) is 23.2 Å². The van der Waals surface area contributed by atoms with Gasteiger partial charge in [-0.3, -0.25) is 9.69 Å². The summed E-state index contributed by atoms with van der Waals surface area (Å²) < 4.78 is 40.7. The number of hydrogen-bond acceptors (Lipinski definition) is 7. The van der Waals surface area contributed by atoms with Gasteiger partial charge in [0, 0.05) is 44.0 Å². The average Bonchev–Trinajstić information content (AvgIpc) is 3.04. The molecule has 3 aromatic carbocycles. The third-order valence-corrected chi connectivity index (χ3v) is 12.5. The molecular formula is C40H51N3O5S. The molecule has 1 amide bonds. The Labute approximate surface area is 292 Å². The minimum atomic E-state index is -3.72. The van der Waals surface area contributed by atoms with Crippen LogP contribution in [0, 0.1) is 23.2 Å². The van der Waals surface area contributed by atoms with E-state index in [1.165, 1.54) is 24.8 Å². The van der Waals surface area contributed by atoms with E-state index in [9.17, 15) is 13.2 Å². The monoisotopic (exact) mass is 685 g/mol. The van der Waals surface area contributed by atoms with Gasteiger partial charge in [0.25, 0.3) is 5.91 Å². The van der Waals surface area contributed by atoms with Gasteiger partial charge in [0.1, 0.15) is 11.5 Å². The first-order valence-corrected chi connectivity index (χ1v) is 19.8. The lowest BCUT2D eigenvalue weighted by atomic mass is 9.50. The summed E-state index contributed by atoms with van der Waals surface area (Å²) >= 11 is 0. The first kappa shape index (κ1) is 33.9. The predicted octanol–water partition coefficient (Wildman–Crippen LogP) is 7.14. The van der Waals surface area contributed by atoms with Gasteiger partial charge in [0.2, 0.25) is 10.0 Å². The second-order valence-electron chi connectivity index (χ2n) is 15.4. The molecule has 0 aromatic heterocycles. The van der Waals surface area contributed by atoms with E-state index in [4.69, 9.17) is 9.47 Å². The van der Waals surface area contributed by atoms with Gasteiger partial charge in [-0.25, -0.2) is 13.1 Å². The molecule has 1 saturated heterocycles. The molecule has 0 spiro atoms. The van der Waals surface area contributed by atoms with Crippen LogP contribution < -0.4 is 19.1 Å². The summed E-state index contributed by atoms with van der Waals surface area (Å²) in [5.41, 5.74) is 4.69. The molecule has 49 heavy (non-hydrogen) atoms. The number of nitrogens with one attached hydrogen (secondary N) is 1. The topological polar surface area (TPSA) is 88.2 Å². The van der Waals surface area contributed by atoms with Gasteiger partial charge < -0.3 is 14.4 Å². The summed E-state index contributed by atoms with van der Waals surface area (Å²) in [6.45, 7) is 11.0. The van der Waals surface area contributed by atoms with Crippen LogP contribution in [0.25, 0.3) is 11.1 Å². The molecular weight excluding hydrogens is 635 g/mol. The number of piperazine rings is 1. The lowest BCUT2D eigenvalue weighted by molar-refractivity contribution is -0.0391. The summed E-state index contributed by atoms with van der Waals surface area (Å²) in [5, 5.41) is 0. The van der Waals surface area contributed by atoms with Crippen molar-refractivity contribution in [3.05, 3.63) is 77.9 Å². The molecule has 1 N–H and O–H groups in total. The van der Waals surface area contributed by atoms with E-state index < -0.39 is 15.9 Å². The van der Waals surface area contributed by atoms with Crippen LogP contribution in [-0.4, -0.2) is 63.9 Å². The standard InChI is InChI=1S/C40H51N3O5S/c1-4-47-37-7-5-6-34(21-37)35-19-32(20-38(22-35)48-28(2)3)26-42-12-14-43(15-13-42)36-10-8-33(9-11-36)39(44)41-49(45,46)27-40-23-29-16-30(24-40)18-31(17-29)25-40/h5-11,19-22,28-31H,4,12-18,23-27H2,1-3H3,(H,41,44). The molecule has 5 aliphatic rings. The van der Waals surface area contributed by atoms with E-state index >= 15 is 0 Å². The van der Waals surface area contributed by atoms with Crippen molar-refractivity contribution in [2.75, 3.05) is 43.4 Å². The summed E-state index contributed by atoms with van der Waals surface area (Å²) in [5.74, 6) is 3.29. The Balaban J connectivity index is 0.947. The number of hydrogen-bond donors (Lipinski definition) is 1. The van der Waals surface area contributed by atoms with Crippen molar-refractivity contribution in [1.29, 1.82) is 0 Å². The summed E-state index contributed by atoms with van der Waals surface area (Å²) in [4.78, 5) is 17.9. The minimum absolute atomic E-state index is 0.0784. The van der Waals surface area contributed by atoms with Crippen molar-refractivity contribution in [2.45, 2.75) is 71.9 Å². The third kappa shape index (κ3) is 8.09. The molecule has 4 saturated carbocycles. The lowest BCUT2D eigenvalue weighted by Gasteiger charge is -2.56. The number of rotatable bonds is 12. The molecule has 8 rings (SSSR count). The maximum Gasteiger partial charge on any atom is 0.264 e. The Morgan fingerprint density at radius 1 is 0.857 bits per heavy atom. The fourth-order valence-electron chi connectivity index (χ4n) is 9.54. The summed E-state index contributed by atoms with van der Waals surface area (Å²) in [7, 11) is -3.72. The highest BCUT2D eigenvalue weighted by atomic mass is 32.2. The van der Waals surface area contributed by atoms with Crippen LogP contribution >= 0.6 is 0 Å². The van der Waals surface area contributed by atoms with E-state index in [1.807, 2.05) is 45.0 Å². The Hall–Kier alpha value is -3.56. The highest BCUT2D eigenvalue weighted by Crippen LogP contribution is 2.60. The molecule has 0 atom stereocenters. The number of carbonyl (C=O) groups excluding carboxylic acids is 1. The van der Waals surface area contributed by atoms with Gasteiger partial charge in [0.15, 0.2) is 0 Å². The maximum absolute atomic E-state index is 13.2. The van der Waals surface area contributed by atoms with Gasteiger partial charge in [-0.05, 0) is 154 Å². The van der Waals surface area contributed by atoms with Gasteiger partial charge >= 0.3 is 0 Å². The number of sulfonamides is 1. The van der Waals surface area contributed by atoms with Crippen molar-refractivity contribution >= 4 is 21.6 Å². The predicted molar refractivity (Wildman–Crippen MR) is 195 cm³/mol. The van der Waals surface area contributed by atoms with Crippen LogP contribution in [0.15, 0.2) is 66.7 Å². The molecule has 0 radical (unpaired) electrons. The largest absolute Gasteiger partial charge is 0.494 e. The Morgan fingerprint density at radius 2 is 1.51 bits per heavy atom. The molecule has 5 fully saturated rings. The zero-order valence-electron chi connectivity index (χ0n) is 29.2. The van der Waals surface area contributed by atoms with Crippen LogP contribution in [-0.2, 0) is 16.6 Å². The van der Waals surface area contributed by atoms with E-state index in [-0.39, 0.29) is 17.3 Å². The quantitative estimate of drug-likeness (QED) is 0.217. The molecule has 9 heteroatoms. The second-order valence-corrected chi connectivity index (χ2v) is 17.1. The highest BCUT2D eigenvalue weighted by Gasteiger charge is 2.52. The van der Waals surface area contributed by atoms with Crippen LogP contribution in [0.3, 0.4) is 0 Å². The van der Waals surface area contributed by atoms with Crippen LogP contribution in [0.2, 0.25) is 0 Å². The normalized spacial score (nSPS) is 25.1. The van der Waals surface area contributed by atoms with Crippen LogP contribution in [0.5, 0.6) is 11.5 Å². The zero-order valence-corrected chi connectivity index (χ0v) is 30.0. The smallest absolute Gasteiger partial charge is 0.264 e. The molecule has 0 unspecified atom stereocenters. The SMILES string of the molecule is CCOc1cccc(-c2cc(CN3CCN(c4ccc(C(=O)NS(=O)(=O)CC56CC7CC(CC(C7)C5)C6)cc4)CC3)cc(OC(C)C)c2)c1. The number of amides is 1.